The van der Waals surface area contributed by atoms with Crippen molar-refractivity contribution in [1.29, 1.82) is 0 Å². The highest BCUT2D eigenvalue weighted by atomic mass is 35.5. The van der Waals surface area contributed by atoms with Gasteiger partial charge < -0.3 is 19.7 Å². The van der Waals surface area contributed by atoms with Gasteiger partial charge in [-0.3, -0.25) is 9.59 Å². The summed E-state index contributed by atoms with van der Waals surface area (Å²) in [7, 11) is 1.60. The van der Waals surface area contributed by atoms with E-state index in [4.69, 9.17) is 21.1 Å². The molecule has 0 heterocycles. The first-order chi connectivity index (χ1) is 18.5. The highest BCUT2D eigenvalue weighted by Crippen LogP contribution is 2.21. The van der Waals surface area contributed by atoms with Gasteiger partial charge in [0.1, 0.15) is 17.5 Å². The van der Waals surface area contributed by atoms with E-state index < -0.39 is 6.04 Å². The highest BCUT2D eigenvalue weighted by molar-refractivity contribution is 6.30. The normalized spacial score (nSPS) is 14.4. The monoisotopic (exact) mass is 534 g/mol. The van der Waals surface area contributed by atoms with Crippen LogP contribution in [-0.2, 0) is 22.6 Å². The van der Waals surface area contributed by atoms with Crippen LogP contribution in [0.3, 0.4) is 0 Å². The van der Waals surface area contributed by atoms with E-state index in [9.17, 15) is 9.59 Å². The van der Waals surface area contributed by atoms with Gasteiger partial charge >= 0.3 is 0 Å². The maximum Gasteiger partial charge on any atom is 0.261 e. The van der Waals surface area contributed by atoms with Crippen molar-refractivity contribution in [3.63, 3.8) is 0 Å². The fraction of sp³-hybridized carbons (Fsp3) is 0.355. The number of carbonyl (C=O) groups excluding carboxylic acids is 2. The first-order valence-electron chi connectivity index (χ1n) is 13.2. The highest BCUT2D eigenvalue weighted by Gasteiger charge is 2.32. The number of methoxy groups -OCH3 is 1. The Morgan fingerprint density at radius 1 is 0.895 bits per heavy atom. The Hall–Kier alpha value is -3.51. The zero-order chi connectivity index (χ0) is 26.7. The molecule has 1 aliphatic carbocycles. The van der Waals surface area contributed by atoms with Crippen LogP contribution in [0.4, 0.5) is 0 Å². The van der Waals surface area contributed by atoms with Crippen molar-refractivity contribution in [3.05, 3.63) is 95.0 Å². The van der Waals surface area contributed by atoms with Gasteiger partial charge in [0, 0.05) is 24.0 Å². The van der Waals surface area contributed by atoms with Crippen LogP contribution in [0.15, 0.2) is 78.9 Å². The molecular formula is C31H35ClN2O4. The molecule has 1 atom stereocenters. The Balaban J connectivity index is 1.58. The zero-order valence-corrected chi connectivity index (χ0v) is 22.5. The number of rotatable bonds is 11. The minimum Gasteiger partial charge on any atom is -0.497 e. The number of ether oxygens (including phenoxy) is 2. The minimum atomic E-state index is -0.693. The smallest absolute Gasteiger partial charge is 0.261 e. The molecule has 3 aromatic rings. The van der Waals surface area contributed by atoms with E-state index in [0.717, 1.165) is 36.8 Å². The molecule has 1 aliphatic rings. The van der Waals surface area contributed by atoms with E-state index in [2.05, 4.69) is 5.32 Å². The Labute approximate surface area is 229 Å². The summed E-state index contributed by atoms with van der Waals surface area (Å²) in [5.41, 5.74) is 1.87. The number of nitrogens with one attached hydrogen (secondary N) is 1. The van der Waals surface area contributed by atoms with Crippen LogP contribution < -0.4 is 14.8 Å². The number of benzene rings is 3. The van der Waals surface area contributed by atoms with Gasteiger partial charge in [0.2, 0.25) is 5.91 Å². The van der Waals surface area contributed by atoms with Crippen LogP contribution in [-0.4, -0.2) is 42.5 Å². The first kappa shape index (κ1) is 27.5. The number of hydrogen-bond acceptors (Lipinski definition) is 4. The number of carbonyl (C=O) groups is 2. The van der Waals surface area contributed by atoms with Crippen molar-refractivity contribution in [3.8, 4) is 11.5 Å². The summed E-state index contributed by atoms with van der Waals surface area (Å²) in [4.78, 5) is 29.1. The van der Waals surface area contributed by atoms with E-state index in [1.807, 2.05) is 42.5 Å². The summed E-state index contributed by atoms with van der Waals surface area (Å²) >= 11 is 6.11. The van der Waals surface area contributed by atoms with Gasteiger partial charge in [0.15, 0.2) is 6.61 Å². The summed E-state index contributed by atoms with van der Waals surface area (Å²) in [5, 5.41) is 3.86. The average molecular weight is 535 g/mol. The molecule has 0 aliphatic heterocycles. The van der Waals surface area contributed by atoms with Gasteiger partial charge in [-0.2, -0.15) is 0 Å². The molecule has 1 fully saturated rings. The topological polar surface area (TPSA) is 67.9 Å². The van der Waals surface area contributed by atoms with Crippen LogP contribution in [0.25, 0.3) is 0 Å². The quantitative estimate of drug-likeness (QED) is 0.337. The molecular weight excluding hydrogens is 500 g/mol. The van der Waals surface area contributed by atoms with E-state index in [1.54, 1.807) is 48.4 Å². The first-order valence-corrected chi connectivity index (χ1v) is 13.5. The van der Waals surface area contributed by atoms with Crippen molar-refractivity contribution in [2.45, 2.75) is 57.2 Å². The zero-order valence-electron chi connectivity index (χ0n) is 21.8. The maximum absolute atomic E-state index is 13.8. The van der Waals surface area contributed by atoms with Crippen molar-refractivity contribution in [1.82, 2.24) is 10.2 Å². The molecule has 200 valence electrons. The molecule has 6 nitrogen and oxygen atoms in total. The Morgan fingerprint density at radius 2 is 1.55 bits per heavy atom. The van der Waals surface area contributed by atoms with Crippen molar-refractivity contribution in [2.75, 3.05) is 13.7 Å². The number of hydrogen-bond donors (Lipinski definition) is 1. The molecule has 3 aromatic carbocycles. The summed E-state index contributed by atoms with van der Waals surface area (Å²) in [6.07, 6.45) is 5.75. The second kappa shape index (κ2) is 13.9. The molecule has 1 N–H and O–H groups in total. The minimum absolute atomic E-state index is 0.132. The lowest BCUT2D eigenvalue weighted by Crippen LogP contribution is -2.53. The molecule has 1 unspecified atom stereocenters. The van der Waals surface area contributed by atoms with Crippen molar-refractivity contribution < 1.29 is 19.1 Å². The van der Waals surface area contributed by atoms with E-state index in [0.29, 0.717) is 22.9 Å². The predicted molar refractivity (Wildman–Crippen MR) is 149 cm³/mol. The Bertz CT molecular complexity index is 1160. The van der Waals surface area contributed by atoms with Gasteiger partial charge in [0.25, 0.3) is 5.91 Å². The molecule has 0 radical (unpaired) electrons. The van der Waals surface area contributed by atoms with E-state index in [1.165, 1.54) is 6.42 Å². The SMILES string of the molecule is COc1ccc(OCC(=O)N(Cc2ccc(Cl)cc2)C(Cc2ccccc2)C(=O)NC2CCCCC2)cc1. The molecule has 2 amide bonds. The van der Waals surface area contributed by atoms with Crippen LogP contribution >= 0.6 is 11.6 Å². The summed E-state index contributed by atoms with van der Waals surface area (Å²) in [5.74, 6) is 0.857. The fourth-order valence-electron chi connectivity index (χ4n) is 4.78. The molecule has 0 bridgehead atoms. The summed E-state index contributed by atoms with van der Waals surface area (Å²) in [6.45, 7) is 0.0689. The van der Waals surface area contributed by atoms with Crippen LogP contribution in [0.5, 0.6) is 11.5 Å². The third-order valence-corrected chi connectivity index (χ3v) is 7.16. The summed E-state index contributed by atoms with van der Waals surface area (Å²) in [6, 6.07) is 23.7. The van der Waals surface area contributed by atoms with Gasteiger partial charge in [-0.25, -0.2) is 0 Å². The fourth-order valence-corrected chi connectivity index (χ4v) is 4.91. The molecule has 0 saturated heterocycles. The van der Waals surface area contributed by atoms with Crippen molar-refractivity contribution in [2.24, 2.45) is 0 Å². The second-order valence-electron chi connectivity index (χ2n) is 9.66. The molecule has 4 rings (SSSR count). The van der Waals surface area contributed by atoms with Crippen LogP contribution in [0, 0.1) is 0 Å². The van der Waals surface area contributed by atoms with Crippen LogP contribution in [0.2, 0.25) is 5.02 Å². The lowest BCUT2D eigenvalue weighted by Gasteiger charge is -2.33. The molecule has 0 aromatic heterocycles. The number of halogens is 1. The number of amides is 2. The molecule has 0 spiro atoms. The van der Waals surface area contributed by atoms with Gasteiger partial charge in [-0.05, 0) is 60.4 Å². The van der Waals surface area contributed by atoms with Gasteiger partial charge in [0.05, 0.1) is 7.11 Å². The predicted octanol–water partition coefficient (Wildman–Crippen LogP) is 5.82. The summed E-state index contributed by atoms with van der Waals surface area (Å²) < 4.78 is 11.0. The number of nitrogens with zero attached hydrogens (tertiary/aromatic N) is 1. The maximum atomic E-state index is 13.8. The van der Waals surface area contributed by atoms with E-state index in [-0.39, 0.29) is 31.0 Å². The molecule has 7 heteroatoms. The Kier molecular flexibility index (Phi) is 10.0. The third-order valence-electron chi connectivity index (χ3n) is 6.91. The van der Waals surface area contributed by atoms with E-state index >= 15 is 0 Å². The molecule has 1 saturated carbocycles. The average Bonchev–Trinajstić information content (AvgIpc) is 2.96. The van der Waals surface area contributed by atoms with Gasteiger partial charge in [-0.1, -0.05) is 73.3 Å². The van der Waals surface area contributed by atoms with Gasteiger partial charge in [-0.15, -0.1) is 0 Å². The van der Waals surface area contributed by atoms with Crippen LogP contribution in [0.1, 0.15) is 43.2 Å². The molecule has 38 heavy (non-hydrogen) atoms. The largest absolute Gasteiger partial charge is 0.497 e. The van der Waals surface area contributed by atoms with Crippen molar-refractivity contribution >= 4 is 23.4 Å². The Morgan fingerprint density at radius 3 is 2.21 bits per heavy atom. The second-order valence-corrected chi connectivity index (χ2v) is 10.1. The lowest BCUT2D eigenvalue weighted by molar-refractivity contribution is -0.143. The lowest BCUT2D eigenvalue weighted by atomic mass is 9.94. The third kappa shape index (κ3) is 7.99. The standard InChI is InChI=1S/C31H35ClN2O4/c1-37-27-16-18-28(19-17-27)38-22-30(35)34(21-24-12-14-25(32)15-13-24)29(20-23-8-4-2-5-9-23)31(36)33-26-10-6-3-7-11-26/h2,4-5,8-9,12-19,26,29H,3,6-7,10-11,20-22H2,1H3,(H,33,36).